The van der Waals surface area contributed by atoms with E-state index < -0.39 is 0 Å². The van der Waals surface area contributed by atoms with E-state index in [1.807, 2.05) is 24.3 Å². The van der Waals surface area contributed by atoms with Crippen LogP contribution in [0.15, 0.2) is 29.4 Å². The van der Waals surface area contributed by atoms with E-state index in [9.17, 15) is 0 Å². The van der Waals surface area contributed by atoms with Gasteiger partial charge in [0.1, 0.15) is 5.75 Å². The third kappa shape index (κ3) is 3.41. The standard InChI is InChI=1S/C18H22N4OS/c1-13-5-3-4-6-16(13)22-17(20-21-18(22)24-12-11-19)14-7-9-15(23-2)10-8-14/h7-10,13,16H,3-6,12H2,1-2H3/t13-,16+/m1/s1. The number of benzene rings is 1. The summed E-state index contributed by atoms with van der Waals surface area (Å²) in [4.78, 5) is 0. The van der Waals surface area contributed by atoms with E-state index in [1.54, 1.807) is 7.11 Å². The number of hydrogen-bond acceptors (Lipinski definition) is 5. The van der Waals surface area contributed by atoms with Crippen molar-refractivity contribution < 1.29 is 4.74 Å². The second kappa shape index (κ2) is 7.71. The molecule has 0 saturated heterocycles. The van der Waals surface area contributed by atoms with Crippen LogP contribution in [0.4, 0.5) is 0 Å². The molecule has 0 bridgehead atoms. The Morgan fingerprint density at radius 1 is 1.25 bits per heavy atom. The molecule has 1 aliphatic carbocycles. The molecule has 1 aliphatic rings. The molecule has 2 atom stereocenters. The van der Waals surface area contributed by atoms with Crippen LogP contribution in [-0.2, 0) is 0 Å². The summed E-state index contributed by atoms with van der Waals surface area (Å²) in [5.41, 5.74) is 1.03. The first-order valence-corrected chi connectivity index (χ1v) is 9.32. The normalized spacial score (nSPS) is 20.5. The first kappa shape index (κ1) is 16.8. The summed E-state index contributed by atoms with van der Waals surface area (Å²) in [6, 6.07) is 10.5. The number of aromatic nitrogens is 3. The van der Waals surface area contributed by atoms with E-state index >= 15 is 0 Å². The van der Waals surface area contributed by atoms with Crippen molar-refractivity contribution in [2.45, 2.75) is 43.8 Å². The maximum Gasteiger partial charge on any atom is 0.192 e. The van der Waals surface area contributed by atoms with Crippen molar-refractivity contribution >= 4 is 11.8 Å². The van der Waals surface area contributed by atoms with E-state index in [2.05, 4.69) is 27.8 Å². The lowest BCUT2D eigenvalue weighted by Crippen LogP contribution is -2.22. The molecule has 5 nitrogen and oxygen atoms in total. The topological polar surface area (TPSA) is 63.7 Å². The molecule has 6 heteroatoms. The average Bonchev–Trinajstić information content (AvgIpc) is 3.04. The minimum Gasteiger partial charge on any atom is -0.497 e. The average molecular weight is 342 g/mol. The molecule has 0 amide bonds. The number of hydrogen-bond donors (Lipinski definition) is 0. The molecule has 0 radical (unpaired) electrons. The Bertz CT molecular complexity index is 720. The lowest BCUT2D eigenvalue weighted by molar-refractivity contribution is 0.247. The fraction of sp³-hybridized carbons (Fsp3) is 0.500. The molecule has 1 fully saturated rings. The molecule has 1 aromatic carbocycles. The maximum absolute atomic E-state index is 8.92. The van der Waals surface area contributed by atoms with Crippen LogP contribution >= 0.6 is 11.8 Å². The summed E-state index contributed by atoms with van der Waals surface area (Å²) in [5.74, 6) is 2.70. The van der Waals surface area contributed by atoms with Crippen LogP contribution in [0, 0.1) is 17.2 Å². The zero-order valence-corrected chi connectivity index (χ0v) is 14.9. The highest BCUT2D eigenvalue weighted by Gasteiger charge is 2.28. The fourth-order valence-electron chi connectivity index (χ4n) is 3.39. The van der Waals surface area contributed by atoms with Crippen molar-refractivity contribution in [2.24, 2.45) is 5.92 Å². The molecule has 1 saturated carbocycles. The van der Waals surface area contributed by atoms with Gasteiger partial charge in [0.25, 0.3) is 0 Å². The molecule has 1 aromatic heterocycles. The molecule has 3 rings (SSSR count). The Morgan fingerprint density at radius 3 is 2.67 bits per heavy atom. The second-order valence-electron chi connectivity index (χ2n) is 6.18. The molecule has 126 valence electrons. The zero-order chi connectivity index (χ0) is 16.9. The van der Waals surface area contributed by atoms with Gasteiger partial charge in [0, 0.05) is 11.6 Å². The van der Waals surface area contributed by atoms with Crippen LogP contribution in [0.2, 0.25) is 0 Å². The third-order valence-electron chi connectivity index (χ3n) is 4.68. The molecular formula is C18H22N4OS. The van der Waals surface area contributed by atoms with Gasteiger partial charge in [0.05, 0.1) is 18.9 Å². The van der Waals surface area contributed by atoms with Gasteiger partial charge in [-0.15, -0.1) is 10.2 Å². The maximum atomic E-state index is 8.92. The predicted octanol–water partition coefficient (Wildman–Crippen LogP) is 4.32. The number of methoxy groups -OCH3 is 1. The van der Waals surface area contributed by atoms with E-state index in [1.165, 1.54) is 31.0 Å². The van der Waals surface area contributed by atoms with Gasteiger partial charge in [0.2, 0.25) is 0 Å². The van der Waals surface area contributed by atoms with Crippen molar-refractivity contribution in [1.29, 1.82) is 5.26 Å². The number of ether oxygens (including phenoxy) is 1. The lowest BCUT2D eigenvalue weighted by atomic mass is 9.85. The molecule has 1 heterocycles. The summed E-state index contributed by atoms with van der Waals surface area (Å²) < 4.78 is 7.50. The Morgan fingerprint density at radius 2 is 2.00 bits per heavy atom. The van der Waals surface area contributed by atoms with Crippen molar-refractivity contribution in [3.05, 3.63) is 24.3 Å². The number of thioether (sulfide) groups is 1. The van der Waals surface area contributed by atoms with Crippen LogP contribution in [-0.4, -0.2) is 27.6 Å². The van der Waals surface area contributed by atoms with Crippen molar-refractivity contribution in [1.82, 2.24) is 14.8 Å². The van der Waals surface area contributed by atoms with E-state index in [0.29, 0.717) is 17.7 Å². The van der Waals surface area contributed by atoms with E-state index in [4.69, 9.17) is 10.00 Å². The number of nitrogens with zero attached hydrogens (tertiary/aromatic N) is 4. The molecule has 0 spiro atoms. The quantitative estimate of drug-likeness (QED) is 0.757. The van der Waals surface area contributed by atoms with Gasteiger partial charge in [-0.3, -0.25) is 4.57 Å². The Kier molecular flexibility index (Phi) is 5.41. The second-order valence-corrected chi connectivity index (χ2v) is 7.12. The largest absolute Gasteiger partial charge is 0.497 e. The Labute approximate surface area is 147 Å². The van der Waals surface area contributed by atoms with Gasteiger partial charge >= 0.3 is 0 Å². The number of nitriles is 1. The fourth-order valence-corrected chi connectivity index (χ4v) is 4.04. The van der Waals surface area contributed by atoms with E-state index in [0.717, 1.165) is 28.7 Å². The van der Waals surface area contributed by atoms with E-state index in [-0.39, 0.29) is 0 Å². The van der Waals surface area contributed by atoms with Crippen LogP contribution in [0.5, 0.6) is 5.75 Å². The highest BCUT2D eigenvalue weighted by Crippen LogP contribution is 2.39. The summed E-state index contributed by atoms with van der Waals surface area (Å²) in [5, 5.41) is 18.6. The lowest BCUT2D eigenvalue weighted by Gasteiger charge is -2.31. The highest BCUT2D eigenvalue weighted by atomic mass is 32.2. The van der Waals surface area contributed by atoms with Crippen molar-refractivity contribution in [3.63, 3.8) is 0 Å². The molecule has 0 unspecified atom stereocenters. The summed E-state index contributed by atoms with van der Waals surface area (Å²) >= 11 is 1.47. The smallest absolute Gasteiger partial charge is 0.192 e. The molecule has 2 aromatic rings. The molecule has 0 N–H and O–H groups in total. The first-order valence-electron chi connectivity index (χ1n) is 8.33. The SMILES string of the molecule is COc1ccc(-c2nnc(SCC#N)n2[C@H]2CCCC[C@H]2C)cc1. The Hall–Kier alpha value is -2.00. The van der Waals surface area contributed by atoms with Gasteiger partial charge in [-0.1, -0.05) is 31.5 Å². The summed E-state index contributed by atoms with van der Waals surface area (Å²) in [7, 11) is 1.66. The summed E-state index contributed by atoms with van der Waals surface area (Å²) in [6.07, 6.45) is 4.89. The summed E-state index contributed by atoms with van der Waals surface area (Å²) in [6.45, 7) is 2.31. The van der Waals surface area contributed by atoms with Gasteiger partial charge in [-0.2, -0.15) is 5.26 Å². The predicted molar refractivity (Wildman–Crippen MR) is 95.0 cm³/mol. The first-order chi connectivity index (χ1) is 11.7. The van der Waals surface area contributed by atoms with Crippen LogP contribution in [0.25, 0.3) is 11.4 Å². The third-order valence-corrected chi connectivity index (χ3v) is 5.49. The van der Waals surface area contributed by atoms with Gasteiger partial charge < -0.3 is 4.74 Å². The Balaban J connectivity index is 2.01. The molecule has 24 heavy (non-hydrogen) atoms. The molecule has 0 aliphatic heterocycles. The van der Waals surface area contributed by atoms with Crippen LogP contribution < -0.4 is 4.74 Å². The molecular weight excluding hydrogens is 320 g/mol. The monoisotopic (exact) mass is 342 g/mol. The zero-order valence-electron chi connectivity index (χ0n) is 14.1. The number of rotatable bonds is 5. The van der Waals surface area contributed by atoms with Crippen molar-refractivity contribution in [3.8, 4) is 23.2 Å². The minimum absolute atomic E-state index is 0.391. The highest BCUT2D eigenvalue weighted by molar-refractivity contribution is 7.99. The van der Waals surface area contributed by atoms with Gasteiger partial charge in [0.15, 0.2) is 11.0 Å². The van der Waals surface area contributed by atoms with Crippen molar-refractivity contribution in [2.75, 3.05) is 12.9 Å². The van der Waals surface area contributed by atoms with Gasteiger partial charge in [-0.25, -0.2) is 0 Å². The van der Waals surface area contributed by atoms with Crippen LogP contribution in [0.1, 0.15) is 38.6 Å². The van der Waals surface area contributed by atoms with Gasteiger partial charge in [-0.05, 0) is 43.0 Å². The van der Waals surface area contributed by atoms with Crippen LogP contribution in [0.3, 0.4) is 0 Å². The minimum atomic E-state index is 0.391.